The molecule has 0 saturated carbocycles. The first-order valence-electron chi connectivity index (χ1n) is 6.17. The summed E-state index contributed by atoms with van der Waals surface area (Å²) in [6.07, 6.45) is 3.02. The maximum Gasteiger partial charge on any atom is 0.165 e. The Morgan fingerprint density at radius 2 is 1.82 bits per heavy atom. The van der Waals surface area contributed by atoms with Gasteiger partial charge in [0.05, 0.1) is 8.07 Å². The molecule has 0 heterocycles. The summed E-state index contributed by atoms with van der Waals surface area (Å²) in [4.78, 5) is 12.1. The van der Waals surface area contributed by atoms with E-state index >= 15 is 0 Å². The molecule has 0 aliphatic rings. The minimum Gasteiger partial charge on any atom is -0.294 e. The van der Waals surface area contributed by atoms with Crippen molar-refractivity contribution in [1.29, 1.82) is 0 Å². The highest BCUT2D eigenvalue weighted by molar-refractivity contribution is 6.80. The quantitative estimate of drug-likeness (QED) is 0.558. The third-order valence-electron chi connectivity index (χ3n) is 2.61. The second-order valence-electron chi connectivity index (χ2n) is 5.64. The Morgan fingerprint density at radius 1 is 1.24 bits per heavy atom. The maximum atomic E-state index is 12.1. The molecule has 0 aliphatic heterocycles. The lowest BCUT2D eigenvalue weighted by atomic mass is 9.97. The van der Waals surface area contributed by atoms with Crippen molar-refractivity contribution in [3.05, 3.63) is 47.7 Å². The first-order chi connectivity index (χ1) is 7.90. The summed E-state index contributed by atoms with van der Waals surface area (Å²) < 4.78 is 0. The van der Waals surface area contributed by atoms with Crippen molar-refractivity contribution in [2.75, 3.05) is 0 Å². The fraction of sp³-hybridized carbons (Fsp3) is 0.400. The van der Waals surface area contributed by atoms with Crippen LogP contribution in [0.15, 0.2) is 42.1 Å². The van der Waals surface area contributed by atoms with Crippen molar-refractivity contribution in [1.82, 2.24) is 0 Å². The van der Waals surface area contributed by atoms with Crippen molar-refractivity contribution in [3.63, 3.8) is 0 Å². The highest BCUT2D eigenvalue weighted by atomic mass is 28.3. The SMILES string of the molecule is CC(C/C=C/[Si](C)(C)C)C(=O)c1ccccc1. The van der Waals surface area contributed by atoms with Gasteiger partial charge in [0.25, 0.3) is 0 Å². The Balaban J connectivity index is 2.57. The molecule has 0 radical (unpaired) electrons. The summed E-state index contributed by atoms with van der Waals surface area (Å²) in [5, 5.41) is 0. The maximum absolute atomic E-state index is 12.1. The zero-order valence-corrected chi connectivity index (χ0v) is 12.2. The molecule has 0 bridgehead atoms. The van der Waals surface area contributed by atoms with E-state index in [-0.39, 0.29) is 11.7 Å². The number of ketones is 1. The number of carbonyl (C=O) groups is 1. The lowest BCUT2D eigenvalue weighted by Crippen LogP contribution is -2.16. The van der Waals surface area contributed by atoms with E-state index in [0.717, 1.165) is 12.0 Å². The zero-order chi connectivity index (χ0) is 12.9. The Labute approximate surface area is 106 Å². The fourth-order valence-electron chi connectivity index (χ4n) is 1.62. The van der Waals surface area contributed by atoms with Gasteiger partial charge in [0, 0.05) is 11.5 Å². The third-order valence-corrected chi connectivity index (χ3v) is 3.85. The normalized spacial score (nSPS) is 13.9. The van der Waals surface area contributed by atoms with Crippen molar-refractivity contribution in [2.24, 2.45) is 5.92 Å². The summed E-state index contributed by atoms with van der Waals surface area (Å²) in [5.74, 6) is 0.316. The molecule has 0 N–H and O–H groups in total. The number of rotatable bonds is 5. The van der Waals surface area contributed by atoms with E-state index in [0.29, 0.717) is 0 Å². The molecule has 0 saturated heterocycles. The molecule has 0 aliphatic carbocycles. The largest absolute Gasteiger partial charge is 0.294 e. The Kier molecular flexibility index (Phi) is 4.88. The lowest BCUT2D eigenvalue weighted by Gasteiger charge is -2.11. The van der Waals surface area contributed by atoms with Gasteiger partial charge in [-0.2, -0.15) is 0 Å². The minimum absolute atomic E-state index is 0.0741. The van der Waals surface area contributed by atoms with Gasteiger partial charge in [-0.05, 0) is 6.42 Å². The van der Waals surface area contributed by atoms with Gasteiger partial charge >= 0.3 is 0 Å². The fourth-order valence-corrected chi connectivity index (χ4v) is 2.46. The third kappa shape index (κ3) is 5.13. The molecule has 0 aromatic heterocycles. The smallest absolute Gasteiger partial charge is 0.165 e. The van der Waals surface area contributed by atoms with Crippen LogP contribution in [0.3, 0.4) is 0 Å². The molecule has 92 valence electrons. The number of hydrogen-bond donors (Lipinski definition) is 0. The molecular weight excluding hydrogens is 224 g/mol. The lowest BCUT2D eigenvalue weighted by molar-refractivity contribution is 0.0931. The van der Waals surface area contributed by atoms with Crippen LogP contribution in [0.4, 0.5) is 0 Å². The number of allylic oxidation sites excluding steroid dienone is 1. The monoisotopic (exact) mass is 246 g/mol. The van der Waals surface area contributed by atoms with E-state index in [1.54, 1.807) is 0 Å². The van der Waals surface area contributed by atoms with Gasteiger partial charge < -0.3 is 0 Å². The van der Waals surface area contributed by atoms with Gasteiger partial charge in [-0.25, -0.2) is 0 Å². The molecule has 0 spiro atoms. The van der Waals surface area contributed by atoms with Crippen LogP contribution >= 0.6 is 0 Å². The Morgan fingerprint density at radius 3 is 2.35 bits per heavy atom. The molecule has 1 aromatic rings. The Bertz CT molecular complexity index is 387. The van der Waals surface area contributed by atoms with E-state index in [1.165, 1.54) is 0 Å². The van der Waals surface area contributed by atoms with Gasteiger partial charge in [-0.15, -0.1) is 0 Å². The van der Waals surface area contributed by atoms with Crippen LogP contribution in [-0.4, -0.2) is 13.9 Å². The molecular formula is C15H22OSi. The molecule has 1 nitrogen and oxygen atoms in total. The molecule has 1 unspecified atom stereocenters. The number of Topliss-reactive ketones (excluding diaryl/α,β-unsaturated/α-hetero) is 1. The average molecular weight is 246 g/mol. The van der Waals surface area contributed by atoms with Crippen molar-refractivity contribution in [3.8, 4) is 0 Å². The zero-order valence-electron chi connectivity index (χ0n) is 11.2. The standard InChI is InChI=1S/C15H22OSi/c1-13(9-8-12-17(2,3)4)15(16)14-10-6-5-7-11-14/h5-8,10-13H,9H2,1-4H3/b12-8+. The molecule has 1 aromatic carbocycles. The molecule has 0 amide bonds. The topological polar surface area (TPSA) is 17.1 Å². The highest BCUT2D eigenvalue weighted by Gasteiger charge is 2.14. The predicted octanol–water partition coefficient (Wildman–Crippen LogP) is 4.33. The van der Waals surface area contributed by atoms with Gasteiger partial charge in [0.15, 0.2) is 5.78 Å². The molecule has 2 heteroatoms. The van der Waals surface area contributed by atoms with Crippen LogP contribution in [-0.2, 0) is 0 Å². The summed E-state index contributed by atoms with van der Waals surface area (Å²) in [7, 11) is -1.13. The van der Waals surface area contributed by atoms with Crippen LogP contribution < -0.4 is 0 Å². The first kappa shape index (κ1) is 13.9. The second kappa shape index (κ2) is 5.96. The van der Waals surface area contributed by atoms with Crippen molar-refractivity contribution in [2.45, 2.75) is 33.0 Å². The summed E-state index contributed by atoms with van der Waals surface area (Å²) >= 11 is 0. The van der Waals surface area contributed by atoms with Crippen LogP contribution in [0.5, 0.6) is 0 Å². The van der Waals surface area contributed by atoms with Gasteiger partial charge in [0.2, 0.25) is 0 Å². The van der Waals surface area contributed by atoms with Crippen molar-refractivity contribution < 1.29 is 4.79 Å². The van der Waals surface area contributed by atoms with E-state index in [9.17, 15) is 4.79 Å². The van der Waals surface area contributed by atoms with E-state index in [4.69, 9.17) is 0 Å². The van der Waals surface area contributed by atoms with Gasteiger partial charge in [-0.3, -0.25) is 4.79 Å². The summed E-state index contributed by atoms with van der Waals surface area (Å²) in [6, 6.07) is 9.55. The minimum atomic E-state index is -1.13. The molecule has 0 fully saturated rings. The second-order valence-corrected chi connectivity index (χ2v) is 10.7. The average Bonchev–Trinajstić information content (AvgIpc) is 2.27. The molecule has 1 rings (SSSR count). The van der Waals surface area contributed by atoms with Crippen LogP contribution in [0.1, 0.15) is 23.7 Å². The summed E-state index contributed by atoms with van der Waals surface area (Å²) in [5.41, 5.74) is 3.13. The van der Waals surface area contributed by atoms with Crippen LogP contribution in [0.2, 0.25) is 19.6 Å². The number of carbonyl (C=O) groups excluding carboxylic acids is 1. The number of hydrogen-bond acceptors (Lipinski definition) is 1. The number of benzene rings is 1. The molecule has 1 atom stereocenters. The summed E-state index contributed by atoms with van der Waals surface area (Å²) in [6.45, 7) is 8.90. The van der Waals surface area contributed by atoms with E-state index < -0.39 is 8.07 Å². The molecule has 17 heavy (non-hydrogen) atoms. The van der Waals surface area contributed by atoms with Crippen molar-refractivity contribution >= 4 is 13.9 Å². The first-order valence-corrected chi connectivity index (χ1v) is 9.75. The van der Waals surface area contributed by atoms with Crippen LogP contribution in [0, 0.1) is 5.92 Å². The Hall–Kier alpha value is -1.15. The highest BCUT2D eigenvalue weighted by Crippen LogP contribution is 2.13. The van der Waals surface area contributed by atoms with E-state index in [1.807, 2.05) is 37.3 Å². The van der Waals surface area contributed by atoms with Crippen LogP contribution in [0.25, 0.3) is 0 Å². The predicted molar refractivity (Wildman–Crippen MR) is 77.0 cm³/mol. The van der Waals surface area contributed by atoms with Gasteiger partial charge in [0.1, 0.15) is 0 Å². The van der Waals surface area contributed by atoms with Gasteiger partial charge in [-0.1, -0.05) is 68.7 Å². The van der Waals surface area contributed by atoms with E-state index in [2.05, 4.69) is 31.4 Å².